The Bertz CT molecular complexity index is 448. The van der Waals surface area contributed by atoms with Crippen molar-refractivity contribution in [2.24, 2.45) is 10.8 Å². The average molecular weight is 219 g/mol. The summed E-state index contributed by atoms with van der Waals surface area (Å²) in [6.45, 7) is 3.93. The van der Waals surface area contributed by atoms with E-state index in [0.29, 0.717) is 23.9 Å². The van der Waals surface area contributed by atoms with Gasteiger partial charge in [0.15, 0.2) is 5.82 Å². The van der Waals surface area contributed by atoms with Gasteiger partial charge in [0.2, 0.25) is 0 Å². The first kappa shape index (κ1) is 10.7. The molecule has 0 radical (unpaired) electrons. The standard InChI is InChI=1S/C10H13N5O/c1-6-3-9(13-7(2)12-6)15-10(16)4-8(5-11)14-15/h3H,4-5,11H2,1-2H3. The predicted molar refractivity (Wildman–Crippen MR) is 60.1 cm³/mol. The molecule has 0 spiro atoms. The van der Waals surface area contributed by atoms with Gasteiger partial charge >= 0.3 is 0 Å². The molecule has 6 nitrogen and oxygen atoms in total. The third-order valence-corrected chi connectivity index (χ3v) is 2.24. The number of amides is 1. The molecule has 0 bridgehead atoms. The van der Waals surface area contributed by atoms with Crippen LogP contribution >= 0.6 is 0 Å². The third kappa shape index (κ3) is 1.92. The molecule has 1 aliphatic heterocycles. The van der Waals surface area contributed by atoms with Crippen LogP contribution < -0.4 is 10.7 Å². The number of anilines is 1. The van der Waals surface area contributed by atoms with E-state index in [1.165, 1.54) is 5.01 Å². The Kier molecular flexibility index (Phi) is 2.66. The molecule has 0 unspecified atom stereocenters. The summed E-state index contributed by atoms with van der Waals surface area (Å²) in [5, 5.41) is 5.42. The lowest BCUT2D eigenvalue weighted by atomic mass is 10.3. The van der Waals surface area contributed by atoms with Gasteiger partial charge in [-0.3, -0.25) is 4.79 Å². The van der Waals surface area contributed by atoms with Gasteiger partial charge in [-0.15, -0.1) is 0 Å². The van der Waals surface area contributed by atoms with E-state index in [1.807, 2.05) is 6.92 Å². The van der Waals surface area contributed by atoms with E-state index in [1.54, 1.807) is 13.0 Å². The molecule has 1 aromatic rings. The van der Waals surface area contributed by atoms with Crippen molar-refractivity contribution in [1.29, 1.82) is 0 Å². The number of nitrogens with two attached hydrogens (primary N) is 1. The molecule has 1 aliphatic rings. The molecule has 6 heteroatoms. The Morgan fingerprint density at radius 3 is 2.75 bits per heavy atom. The van der Waals surface area contributed by atoms with E-state index in [2.05, 4.69) is 15.1 Å². The Morgan fingerprint density at radius 2 is 2.19 bits per heavy atom. The smallest absolute Gasteiger partial charge is 0.254 e. The zero-order valence-corrected chi connectivity index (χ0v) is 9.27. The Morgan fingerprint density at radius 1 is 1.44 bits per heavy atom. The molecular weight excluding hydrogens is 206 g/mol. The molecule has 0 saturated heterocycles. The minimum atomic E-state index is -0.0991. The van der Waals surface area contributed by atoms with Crippen LogP contribution in [0, 0.1) is 13.8 Å². The van der Waals surface area contributed by atoms with Gasteiger partial charge in [-0.2, -0.15) is 10.1 Å². The Balaban J connectivity index is 2.37. The van der Waals surface area contributed by atoms with E-state index in [4.69, 9.17) is 5.73 Å². The third-order valence-electron chi connectivity index (χ3n) is 2.24. The van der Waals surface area contributed by atoms with E-state index in [9.17, 15) is 4.79 Å². The summed E-state index contributed by atoms with van der Waals surface area (Å²) in [6, 6.07) is 1.73. The summed E-state index contributed by atoms with van der Waals surface area (Å²) < 4.78 is 0. The van der Waals surface area contributed by atoms with Gasteiger partial charge in [0.05, 0.1) is 12.1 Å². The van der Waals surface area contributed by atoms with Crippen molar-refractivity contribution in [3.8, 4) is 0 Å². The van der Waals surface area contributed by atoms with Crippen LogP contribution in [0.25, 0.3) is 0 Å². The molecule has 2 N–H and O–H groups in total. The number of aryl methyl sites for hydroxylation is 2. The summed E-state index contributed by atoms with van der Waals surface area (Å²) in [4.78, 5) is 20.0. The second-order valence-electron chi connectivity index (χ2n) is 3.67. The van der Waals surface area contributed by atoms with Crippen LogP contribution in [0.5, 0.6) is 0 Å². The second kappa shape index (κ2) is 3.97. The van der Waals surface area contributed by atoms with Gasteiger partial charge < -0.3 is 5.73 Å². The number of rotatable bonds is 2. The molecule has 1 amide bonds. The van der Waals surface area contributed by atoms with Gasteiger partial charge in [-0.1, -0.05) is 0 Å². The Labute approximate surface area is 93.2 Å². The van der Waals surface area contributed by atoms with Gasteiger partial charge in [0.25, 0.3) is 5.91 Å². The molecule has 0 atom stereocenters. The lowest BCUT2D eigenvalue weighted by Crippen LogP contribution is -2.21. The zero-order chi connectivity index (χ0) is 11.7. The SMILES string of the molecule is Cc1cc(N2N=C(CN)CC2=O)nc(C)n1. The van der Waals surface area contributed by atoms with E-state index < -0.39 is 0 Å². The summed E-state index contributed by atoms with van der Waals surface area (Å²) >= 11 is 0. The van der Waals surface area contributed by atoms with E-state index >= 15 is 0 Å². The highest BCUT2D eigenvalue weighted by Gasteiger charge is 2.25. The van der Waals surface area contributed by atoms with Crippen LogP contribution in [-0.2, 0) is 4.79 Å². The van der Waals surface area contributed by atoms with Crippen molar-refractivity contribution in [3.63, 3.8) is 0 Å². The number of hydrogen-bond acceptors (Lipinski definition) is 5. The first-order chi connectivity index (χ1) is 7.60. The monoisotopic (exact) mass is 219 g/mol. The van der Waals surface area contributed by atoms with Gasteiger partial charge in [0, 0.05) is 18.3 Å². The quantitative estimate of drug-likeness (QED) is 0.767. The number of hydrogen-bond donors (Lipinski definition) is 1. The number of aromatic nitrogens is 2. The van der Waals surface area contributed by atoms with E-state index in [0.717, 1.165) is 5.69 Å². The molecule has 2 rings (SSSR count). The van der Waals surface area contributed by atoms with Crippen molar-refractivity contribution < 1.29 is 4.79 Å². The van der Waals surface area contributed by atoms with Crippen LogP contribution in [0.4, 0.5) is 5.82 Å². The van der Waals surface area contributed by atoms with Crippen LogP contribution in [0.3, 0.4) is 0 Å². The largest absolute Gasteiger partial charge is 0.325 e. The highest BCUT2D eigenvalue weighted by Crippen LogP contribution is 2.18. The summed E-state index contributed by atoms with van der Waals surface area (Å²) in [7, 11) is 0. The van der Waals surface area contributed by atoms with Crippen LogP contribution in [-0.4, -0.2) is 28.1 Å². The normalized spacial score (nSPS) is 15.6. The van der Waals surface area contributed by atoms with Crippen LogP contribution in [0.15, 0.2) is 11.2 Å². The topological polar surface area (TPSA) is 84.5 Å². The fourth-order valence-corrected chi connectivity index (χ4v) is 1.58. The van der Waals surface area contributed by atoms with Gasteiger partial charge in [-0.25, -0.2) is 9.97 Å². The zero-order valence-electron chi connectivity index (χ0n) is 9.27. The molecule has 2 heterocycles. The number of nitrogens with zero attached hydrogens (tertiary/aromatic N) is 4. The molecule has 0 aromatic carbocycles. The summed E-state index contributed by atoms with van der Waals surface area (Å²) in [5.74, 6) is 1.04. The lowest BCUT2D eigenvalue weighted by Gasteiger charge is -2.11. The van der Waals surface area contributed by atoms with Crippen LogP contribution in [0.1, 0.15) is 17.9 Å². The summed E-state index contributed by atoms with van der Waals surface area (Å²) in [6.07, 6.45) is 0.276. The molecular formula is C10H13N5O. The van der Waals surface area contributed by atoms with Crippen molar-refractivity contribution in [2.45, 2.75) is 20.3 Å². The lowest BCUT2D eigenvalue weighted by molar-refractivity contribution is -0.116. The molecule has 1 aromatic heterocycles. The molecule has 0 saturated carbocycles. The minimum absolute atomic E-state index is 0.0991. The second-order valence-corrected chi connectivity index (χ2v) is 3.67. The molecule has 16 heavy (non-hydrogen) atoms. The fraction of sp³-hybridized carbons (Fsp3) is 0.400. The van der Waals surface area contributed by atoms with Crippen LogP contribution in [0.2, 0.25) is 0 Å². The average Bonchev–Trinajstić information content (AvgIpc) is 2.58. The van der Waals surface area contributed by atoms with Gasteiger partial charge in [0.1, 0.15) is 5.82 Å². The van der Waals surface area contributed by atoms with Gasteiger partial charge in [-0.05, 0) is 13.8 Å². The summed E-state index contributed by atoms with van der Waals surface area (Å²) in [5.41, 5.74) is 6.95. The van der Waals surface area contributed by atoms with Crippen molar-refractivity contribution in [3.05, 3.63) is 17.6 Å². The number of hydrazone groups is 1. The maximum absolute atomic E-state index is 11.7. The first-order valence-corrected chi connectivity index (χ1v) is 5.02. The molecule has 0 aliphatic carbocycles. The van der Waals surface area contributed by atoms with Crippen molar-refractivity contribution in [2.75, 3.05) is 11.6 Å². The first-order valence-electron chi connectivity index (χ1n) is 5.02. The number of carbonyl (C=O) groups excluding carboxylic acids is 1. The van der Waals surface area contributed by atoms with Crippen molar-refractivity contribution >= 4 is 17.4 Å². The maximum Gasteiger partial charge on any atom is 0.254 e. The maximum atomic E-state index is 11.7. The number of carbonyl (C=O) groups is 1. The minimum Gasteiger partial charge on any atom is -0.325 e. The Hall–Kier alpha value is -1.82. The predicted octanol–water partition coefficient (Wildman–Crippen LogP) is 0.145. The van der Waals surface area contributed by atoms with Crippen molar-refractivity contribution in [1.82, 2.24) is 9.97 Å². The molecule has 0 fully saturated rings. The highest BCUT2D eigenvalue weighted by atomic mass is 16.2. The fourth-order valence-electron chi connectivity index (χ4n) is 1.58. The molecule has 84 valence electrons. The van der Waals surface area contributed by atoms with E-state index in [-0.39, 0.29) is 12.3 Å². The highest BCUT2D eigenvalue weighted by molar-refractivity contribution is 6.13.